The van der Waals surface area contributed by atoms with E-state index in [4.69, 9.17) is 0 Å². The molecule has 0 aromatic heterocycles. The number of hydrogen-bond donors (Lipinski definition) is 0. The van der Waals surface area contributed by atoms with E-state index in [9.17, 15) is 14.9 Å². The van der Waals surface area contributed by atoms with Gasteiger partial charge in [0.2, 0.25) is 0 Å². The average molecular weight is 408 g/mol. The van der Waals surface area contributed by atoms with Crippen molar-refractivity contribution in [2.75, 3.05) is 0 Å². The van der Waals surface area contributed by atoms with Crippen molar-refractivity contribution in [1.29, 1.82) is 0 Å². The number of nitrogens with zero attached hydrogens (tertiary/aromatic N) is 1. The molecule has 2 aromatic carbocycles. The Morgan fingerprint density at radius 3 is 2.20 bits per heavy atom. The SMILES string of the molecule is CCCCCCC1CCC(c2ccc(C(=O)Cc3ccc([N+](=O)[O-])cc3)cc2)CC1. The monoisotopic (exact) mass is 407 g/mol. The Morgan fingerprint density at radius 1 is 0.933 bits per heavy atom. The quantitative estimate of drug-likeness (QED) is 0.180. The lowest BCUT2D eigenvalue weighted by molar-refractivity contribution is -0.384. The molecule has 4 heteroatoms. The summed E-state index contributed by atoms with van der Waals surface area (Å²) in [5, 5.41) is 10.7. The molecule has 1 aliphatic carbocycles. The van der Waals surface area contributed by atoms with Crippen molar-refractivity contribution in [3.8, 4) is 0 Å². The van der Waals surface area contributed by atoms with Crippen LogP contribution in [0.25, 0.3) is 0 Å². The minimum absolute atomic E-state index is 0.0474. The number of nitro benzene ring substituents is 1. The summed E-state index contributed by atoms with van der Waals surface area (Å²) in [7, 11) is 0. The second-order valence-electron chi connectivity index (χ2n) is 8.71. The molecule has 0 heterocycles. The van der Waals surface area contributed by atoms with Crippen LogP contribution >= 0.6 is 0 Å². The molecule has 0 amide bonds. The summed E-state index contributed by atoms with van der Waals surface area (Å²) in [6.45, 7) is 2.26. The van der Waals surface area contributed by atoms with Crippen molar-refractivity contribution < 1.29 is 9.72 Å². The van der Waals surface area contributed by atoms with Gasteiger partial charge in [-0.1, -0.05) is 75.4 Å². The maximum absolute atomic E-state index is 12.6. The van der Waals surface area contributed by atoms with Gasteiger partial charge in [-0.15, -0.1) is 0 Å². The molecule has 4 nitrogen and oxygen atoms in total. The Morgan fingerprint density at radius 2 is 1.60 bits per heavy atom. The van der Waals surface area contributed by atoms with Crippen LogP contribution in [-0.4, -0.2) is 10.7 Å². The maximum Gasteiger partial charge on any atom is 0.269 e. The first-order chi connectivity index (χ1) is 14.6. The molecule has 0 saturated heterocycles. The van der Waals surface area contributed by atoms with Gasteiger partial charge < -0.3 is 0 Å². The van der Waals surface area contributed by atoms with E-state index in [1.54, 1.807) is 12.1 Å². The molecule has 1 aliphatic rings. The van der Waals surface area contributed by atoms with Crippen LogP contribution in [-0.2, 0) is 6.42 Å². The molecule has 0 atom stereocenters. The number of rotatable bonds is 10. The van der Waals surface area contributed by atoms with Crippen molar-refractivity contribution in [3.05, 3.63) is 75.3 Å². The molecule has 0 aliphatic heterocycles. The van der Waals surface area contributed by atoms with Crippen LogP contribution in [0, 0.1) is 16.0 Å². The Labute approximate surface area is 179 Å². The first kappa shape index (κ1) is 22.2. The largest absolute Gasteiger partial charge is 0.294 e. The summed E-state index contributed by atoms with van der Waals surface area (Å²) in [4.78, 5) is 22.9. The van der Waals surface area contributed by atoms with E-state index in [-0.39, 0.29) is 17.9 Å². The number of non-ortho nitro benzene ring substituents is 1. The van der Waals surface area contributed by atoms with Gasteiger partial charge in [-0.05, 0) is 48.6 Å². The van der Waals surface area contributed by atoms with E-state index >= 15 is 0 Å². The van der Waals surface area contributed by atoms with Gasteiger partial charge in [-0.2, -0.15) is 0 Å². The molecule has 30 heavy (non-hydrogen) atoms. The fourth-order valence-electron chi connectivity index (χ4n) is 4.61. The maximum atomic E-state index is 12.6. The Hall–Kier alpha value is -2.49. The molecule has 0 spiro atoms. The Kier molecular flexibility index (Phi) is 8.18. The summed E-state index contributed by atoms with van der Waals surface area (Å²) in [5.41, 5.74) is 2.91. The van der Waals surface area contributed by atoms with Gasteiger partial charge in [0.15, 0.2) is 5.78 Å². The first-order valence-corrected chi connectivity index (χ1v) is 11.4. The second kappa shape index (κ2) is 11.1. The molecule has 1 fully saturated rings. The average Bonchev–Trinajstić information content (AvgIpc) is 2.77. The van der Waals surface area contributed by atoms with Crippen LogP contribution in [0.5, 0.6) is 0 Å². The lowest BCUT2D eigenvalue weighted by Gasteiger charge is -2.29. The van der Waals surface area contributed by atoms with Crippen molar-refractivity contribution in [2.24, 2.45) is 5.92 Å². The van der Waals surface area contributed by atoms with Crippen molar-refractivity contribution in [2.45, 2.75) is 77.0 Å². The number of hydrogen-bond acceptors (Lipinski definition) is 3. The van der Waals surface area contributed by atoms with Gasteiger partial charge in [-0.25, -0.2) is 0 Å². The molecule has 2 aromatic rings. The molecule has 0 unspecified atom stereocenters. The first-order valence-electron chi connectivity index (χ1n) is 11.4. The summed E-state index contributed by atoms with van der Waals surface area (Å²) in [6.07, 6.45) is 12.3. The zero-order valence-electron chi connectivity index (χ0n) is 18.0. The number of benzene rings is 2. The molecule has 0 N–H and O–H groups in total. The molecule has 0 bridgehead atoms. The van der Waals surface area contributed by atoms with Crippen LogP contribution in [0.3, 0.4) is 0 Å². The van der Waals surface area contributed by atoms with Gasteiger partial charge >= 0.3 is 0 Å². The zero-order chi connectivity index (χ0) is 21.3. The molecule has 160 valence electrons. The van der Waals surface area contributed by atoms with Gasteiger partial charge in [0.1, 0.15) is 0 Å². The van der Waals surface area contributed by atoms with E-state index in [2.05, 4.69) is 19.1 Å². The third-order valence-electron chi connectivity index (χ3n) is 6.53. The minimum Gasteiger partial charge on any atom is -0.294 e. The number of ketones is 1. The van der Waals surface area contributed by atoms with E-state index in [1.165, 1.54) is 75.5 Å². The lowest BCUT2D eigenvalue weighted by atomic mass is 9.77. The van der Waals surface area contributed by atoms with Crippen molar-refractivity contribution in [1.82, 2.24) is 0 Å². The van der Waals surface area contributed by atoms with Gasteiger partial charge in [0, 0.05) is 24.1 Å². The fraction of sp³-hybridized carbons (Fsp3) is 0.500. The summed E-state index contributed by atoms with van der Waals surface area (Å²) in [5.74, 6) is 1.57. The molecular weight excluding hydrogens is 374 g/mol. The van der Waals surface area contributed by atoms with Crippen molar-refractivity contribution >= 4 is 11.5 Å². The highest BCUT2D eigenvalue weighted by atomic mass is 16.6. The molecular formula is C26H33NO3. The number of carbonyl (C=O) groups excluding carboxylic acids is 1. The van der Waals surface area contributed by atoms with Crippen LogP contribution in [0.4, 0.5) is 5.69 Å². The number of carbonyl (C=O) groups is 1. The summed E-state index contributed by atoms with van der Waals surface area (Å²) >= 11 is 0. The number of unbranched alkanes of at least 4 members (excludes halogenated alkanes) is 3. The van der Waals surface area contributed by atoms with Crippen molar-refractivity contribution in [3.63, 3.8) is 0 Å². The summed E-state index contributed by atoms with van der Waals surface area (Å²) < 4.78 is 0. The lowest BCUT2D eigenvalue weighted by Crippen LogP contribution is -2.13. The topological polar surface area (TPSA) is 60.2 Å². The third-order valence-corrected chi connectivity index (χ3v) is 6.53. The van der Waals surface area contributed by atoms with Gasteiger partial charge in [-0.3, -0.25) is 14.9 Å². The fourth-order valence-corrected chi connectivity index (χ4v) is 4.61. The second-order valence-corrected chi connectivity index (χ2v) is 8.71. The zero-order valence-corrected chi connectivity index (χ0v) is 18.0. The highest BCUT2D eigenvalue weighted by molar-refractivity contribution is 5.97. The Balaban J connectivity index is 1.49. The number of Topliss-reactive ketones (excluding diaryl/α,β-unsaturated/α-hetero) is 1. The molecule has 0 radical (unpaired) electrons. The van der Waals surface area contributed by atoms with E-state index in [0.29, 0.717) is 11.5 Å². The highest BCUT2D eigenvalue weighted by Gasteiger charge is 2.22. The third kappa shape index (κ3) is 6.25. The standard InChI is InChI=1S/C26H33NO3/c1-2-3-4-5-6-20-7-11-22(12-8-20)23-13-15-24(16-14-23)26(28)19-21-9-17-25(18-10-21)27(29)30/h9-10,13-18,20,22H,2-8,11-12,19H2,1H3. The smallest absolute Gasteiger partial charge is 0.269 e. The summed E-state index contributed by atoms with van der Waals surface area (Å²) in [6, 6.07) is 14.3. The molecule has 3 rings (SSSR count). The van der Waals surface area contributed by atoms with E-state index in [0.717, 1.165) is 11.5 Å². The Bertz CT molecular complexity index is 818. The normalized spacial score (nSPS) is 18.8. The predicted molar refractivity (Wildman–Crippen MR) is 121 cm³/mol. The van der Waals surface area contributed by atoms with E-state index in [1.807, 2.05) is 12.1 Å². The minimum atomic E-state index is -0.426. The number of nitro groups is 1. The van der Waals surface area contributed by atoms with Crippen LogP contribution in [0.15, 0.2) is 48.5 Å². The van der Waals surface area contributed by atoms with Crippen LogP contribution < -0.4 is 0 Å². The van der Waals surface area contributed by atoms with Crippen LogP contribution in [0.1, 0.15) is 92.1 Å². The predicted octanol–water partition coefficient (Wildman–Crippen LogP) is 7.26. The molecule has 1 saturated carbocycles. The highest BCUT2D eigenvalue weighted by Crippen LogP contribution is 2.37. The van der Waals surface area contributed by atoms with Crippen LogP contribution in [0.2, 0.25) is 0 Å². The van der Waals surface area contributed by atoms with Gasteiger partial charge in [0.25, 0.3) is 5.69 Å². The van der Waals surface area contributed by atoms with E-state index < -0.39 is 4.92 Å². The van der Waals surface area contributed by atoms with Gasteiger partial charge in [0.05, 0.1) is 4.92 Å².